The van der Waals surface area contributed by atoms with Gasteiger partial charge in [0.05, 0.1) is 12.2 Å². The molecule has 1 heterocycles. The van der Waals surface area contributed by atoms with Crippen molar-refractivity contribution in [3.8, 4) is 12.3 Å². The van der Waals surface area contributed by atoms with E-state index in [0.29, 0.717) is 6.07 Å². The molecule has 1 aromatic heterocycles. The highest BCUT2D eigenvalue weighted by Crippen LogP contribution is 2.32. The Hall–Kier alpha value is -1.94. The van der Waals surface area contributed by atoms with Crippen molar-refractivity contribution in [3.05, 3.63) is 23.0 Å². The fourth-order valence-corrected chi connectivity index (χ4v) is 1.66. The molecule has 0 aliphatic carbocycles. The van der Waals surface area contributed by atoms with Crippen LogP contribution in [-0.4, -0.2) is 23.2 Å². The number of halogens is 4. The average molecular weight is 335 g/mol. The van der Waals surface area contributed by atoms with Crippen molar-refractivity contribution < 1.29 is 22.7 Å². The molecule has 1 rings (SSSR count). The zero-order valence-electron chi connectivity index (χ0n) is 12.2. The summed E-state index contributed by atoms with van der Waals surface area (Å²) in [5, 5.41) is -0.407. The van der Waals surface area contributed by atoms with Crippen molar-refractivity contribution in [3.63, 3.8) is 0 Å². The Bertz CT molecular complexity index is 604. The Morgan fingerprint density at radius 2 is 2.00 bits per heavy atom. The number of carbonyl (C=O) groups excluding carboxylic acids is 1. The monoisotopic (exact) mass is 334 g/mol. The highest BCUT2D eigenvalue weighted by atomic mass is 35.5. The lowest BCUT2D eigenvalue weighted by molar-refractivity contribution is -0.141. The average Bonchev–Trinajstić information content (AvgIpc) is 2.31. The zero-order valence-corrected chi connectivity index (χ0v) is 12.9. The van der Waals surface area contributed by atoms with Crippen LogP contribution in [0, 0.1) is 12.3 Å². The molecule has 0 spiro atoms. The molecule has 0 radical (unpaired) electrons. The number of amides is 1. The number of pyridine rings is 1. The van der Waals surface area contributed by atoms with Crippen LogP contribution in [0.4, 0.5) is 23.7 Å². The number of aromatic nitrogens is 1. The molecule has 22 heavy (non-hydrogen) atoms. The van der Waals surface area contributed by atoms with Crippen molar-refractivity contribution in [1.82, 2.24) is 4.98 Å². The molecule has 0 unspecified atom stereocenters. The number of hydrogen-bond acceptors (Lipinski definition) is 3. The summed E-state index contributed by atoms with van der Waals surface area (Å²) in [6, 6.07) is 1.80. The van der Waals surface area contributed by atoms with Crippen LogP contribution >= 0.6 is 11.6 Å². The van der Waals surface area contributed by atoms with Gasteiger partial charge in [-0.05, 0) is 32.9 Å². The van der Waals surface area contributed by atoms with Crippen LogP contribution in [-0.2, 0) is 10.9 Å². The summed E-state index contributed by atoms with van der Waals surface area (Å²) in [6.07, 6.45) is -0.413. The van der Waals surface area contributed by atoms with Crippen LogP contribution in [0.3, 0.4) is 0 Å². The Kier molecular flexibility index (Phi) is 5.30. The first-order valence-corrected chi connectivity index (χ1v) is 6.50. The number of carbonyl (C=O) groups is 1. The Balaban J connectivity index is 3.25. The van der Waals surface area contributed by atoms with Gasteiger partial charge >= 0.3 is 12.3 Å². The standard InChI is InChI=1S/C14H14ClF3N2O2/c1-5-6-20(12(21)22-13(2,3)4)9-7-10(14(16,17)18)19-11(15)8-9/h1,7-8H,6H2,2-4H3. The molecule has 0 bridgehead atoms. The molecule has 0 aliphatic rings. The second-order valence-electron chi connectivity index (χ2n) is 5.30. The first kappa shape index (κ1) is 18.1. The SMILES string of the molecule is C#CCN(C(=O)OC(C)(C)C)c1cc(Cl)nc(C(F)(F)F)c1. The number of rotatable bonds is 2. The summed E-state index contributed by atoms with van der Waals surface area (Å²) in [6.45, 7) is 4.60. The molecule has 0 saturated heterocycles. The van der Waals surface area contributed by atoms with Gasteiger partial charge in [-0.25, -0.2) is 9.78 Å². The van der Waals surface area contributed by atoms with Gasteiger partial charge in [-0.1, -0.05) is 17.5 Å². The van der Waals surface area contributed by atoms with Gasteiger partial charge in [0.1, 0.15) is 16.4 Å². The minimum atomic E-state index is -4.70. The van der Waals surface area contributed by atoms with Gasteiger partial charge < -0.3 is 4.74 Å². The summed E-state index contributed by atoms with van der Waals surface area (Å²) in [7, 11) is 0. The largest absolute Gasteiger partial charge is 0.443 e. The summed E-state index contributed by atoms with van der Waals surface area (Å²) in [5.41, 5.74) is -2.19. The number of nitrogens with zero attached hydrogens (tertiary/aromatic N) is 2. The molecule has 1 amide bonds. The lowest BCUT2D eigenvalue weighted by Gasteiger charge is -2.26. The van der Waals surface area contributed by atoms with E-state index in [1.54, 1.807) is 20.8 Å². The number of hydrogen-bond donors (Lipinski definition) is 0. The Morgan fingerprint density at radius 3 is 2.45 bits per heavy atom. The molecule has 0 atom stereocenters. The van der Waals surface area contributed by atoms with Crippen LogP contribution in [0.5, 0.6) is 0 Å². The van der Waals surface area contributed by atoms with Crippen molar-refractivity contribution in [2.75, 3.05) is 11.4 Å². The van der Waals surface area contributed by atoms with E-state index in [-0.39, 0.29) is 12.2 Å². The predicted octanol–water partition coefficient (Wildman–Crippen LogP) is 4.13. The second-order valence-corrected chi connectivity index (χ2v) is 5.69. The van der Waals surface area contributed by atoms with Crippen LogP contribution in [0.1, 0.15) is 26.5 Å². The smallest absolute Gasteiger partial charge is 0.433 e. The van der Waals surface area contributed by atoms with Crippen molar-refractivity contribution in [1.29, 1.82) is 0 Å². The number of ether oxygens (including phenoxy) is 1. The summed E-state index contributed by atoms with van der Waals surface area (Å²) >= 11 is 5.60. The number of anilines is 1. The van der Waals surface area contributed by atoms with E-state index in [1.165, 1.54) is 0 Å². The fourth-order valence-electron chi connectivity index (χ4n) is 1.45. The van der Waals surface area contributed by atoms with Gasteiger partial charge in [0.15, 0.2) is 0 Å². The Morgan fingerprint density at radius 1 is 1.41 bits per heavy atom. The lowest BCUT2D eigenvalue weighted by Crippen LogP contribution is -2.37. The van der Waals surface area contributed by atoms with Crippen LogP contribution in [0.25, 0.3) is 0 Å². The van der Waals surface area contributed by atoms with Gasteiger partial charge in [-0.15, -0.1) is 6.42 Å². The molecule has 0 saturated carbocycles. The van der Waals surface area contributed by atoms with Crippen molar-refractivity contribution in [2.45, 2.75) is 32.5 Å². The highest BCUT2D eigenvalue weighted by molar-refractivity contribution is 6.29. The fraction of sp³-hybridized carbons (Fsp3) is 0.429. The molecular weight excluding hydrogens is 321 g/mol. The van der Waals surface area contributed by atoms with E-state index < -0.39 is 28.7 Å². The lowest BCUT2D eigenvalue weighted by atomic mass is 10.2. The van der Waals surface area contributed by atoms with E-state index >= 15 is 0 Å². The summed E-state index contributed by atoms with van der Waals surface area (Å²) in [5.74, 6) is 2.19. The minimum Gasteiger partial charge on any atom is -0.443 e. The maximum atomic E-state index is 12.8. The second kappa shape index (κ2) is 6.44. The normalized spacial score (nSPS) is 11.7. The summed E-state index contributed by atoms with van der Waals surface area (Å²) < 4.78 is 43.4. The van der Waals surface area contributed by atoms with Crippen LogP contribution < -0.4 is 4.90 Å². The third-order valence-electron chi connectivity index (χ3n) is 2.24. The van der Waals surface area contributed by atoms with E-state index in [9.17, 15) is 18.0 Å². The Labute approximate surface area is 131 Å². The van der Waals surface area contributed by atoms with Gasteiger partial charge in [-0.2, -0.15) is 13.2 Å². The highest BCUT2D eigenvalue weighted by Gasteiger charge is 2.34. The molecule has 0 aliphatic heterocycles. The van der Waals surface area contributed by atoms with Crippen LogP contribution in [0.2, 0.25) is 5.15 Å². The van der Waals surface area contributed by atoms with Gasteiger partial charge in [0.2, 0.25) is 0 Å². The van der Waals surface area contributed by atoms with E-state index in [1.807, 2.05) is 0 Å². The van der Waals surface area contributed by atoms with E-state index in [2.05, 4.69) is 10.9 Å². The number of alkyl halides is 3. The van der Waals surface area contributed by atoms with Crippen molar-refractivity contribution in [2.24, 2.45) is 0 Å². The first-order chi connectivity index (χ1) is 9.94. The van der Waals surface area contributed by atoms with Gasteiger partial charge in [-0.3, -0.25) is 4.90 Å². The van der Waals surface area contributed by atoms with Crippen molar-refractivity contribution >= 4 is 23.4 Å². The molecule has 120 valence electrons. The maximum Gasteiger partial charge on any atom is 0.433 e. The molecule has 1 aromatic rings. The zero-order chi connectivity index (χ0) is 17.1. The predicted molar refractivity (Wildman–Crippen MR) is 76.7 cm³/mol. The maximum absolute atomic E-state index is 12.8. The van der Waals surface area contributed by atoms with Crippen LogP contribution in [0.15, 0.2) is 12.1 Å². The van der Waals surface area contributed by atoms with E-state index in [4.69, 9.17) is 22.8 Å². The van der Waals surface area contributed by atoms with Gasteiger partial charge in [0, 0.05) is 0 Å². The molecule has 4 nitrogen and oxygen atoms in total. The minimum absolute atomic E-state index is 0.139. The molecular formula is C14H14ClF3N2O2. The third-order valence-corrected chi connectivity index (χ3v) is 2.44. The number of terminal acetylenes is 1. The first-order valence-electron chi connectivity index (χ1n) is 6.13. The molecule has 0 N–H and O–H groups in total. The van der Waals surface area contributed by atoms with E-state index in [0.717, 1.165) is 11.0 Å². The van der Waals surface area contributed by atoms with Gasteiger partial charge in [0.25, 0.3) is 0 Å². The quantitative estimate of drug-likeness (QED) is 0.603. The topological polar surface area (TPSA) is 42.4 Å². The molecule has 0 aromatic carbocycles. The molecule has 8 heteroatoms. The molecule has 0 fully saturated rings. The summed E-state index contributed by atoms with van der Waals surface area (Å²) in [4.78, 5) is 16.2. The third kappa shape index (κ3) is 5.11.